The second kappa shape index (κ2) is 6.66. The summed E-state index contributed by atoms with van der Waals surface area (Å²) >= 11 is 12.8. The van der Waals surface area contributed by atoms with Gasteiger partial charge in [-0.3, -0.25) is 0 Å². The summed E-state index contributed by atoms with van der Waals surface area (Å²) in [6.07, 6.45) is 6.66. The van der Waals surface area contributed by atoms with Crippen LogP contribution in [0.2, 0.25) is 0 Å². The molecule has 0 bridgehead atoms. The minimum atomic E-state index is 0.0665. The largest absolute Gasteiger partial charge is 0.126 e. The second-order valence-electron chi connectivity index (χ2n) is 5.03. The van der Waals surface area contributed by atoms with Gasteiger partial charge in [-0.15, -0.1) is 23.2 Å². The molecule has 0 saturated heterocycles. The SMILES string of the molecule is ClCC(C1CCCCC1)C(Cl)c1ccccc1. The Labute approximate surface area is 114 Å². The zero-order valence-electron chi connectivity index (χ0n) is 10.1. The Bertz CT molecular complexity index is 317. The molecule has 1 saturated carbocycles. The Morgan fingerprint density at radius 1 is 1.06 bits per heavy atom. The molecule has 0 aliphatic heterocycles. The van der Waals surface area contributed by atoms with Crippen molar-refractivity contribution in [1.82, 2.24) is 0 Å². The fourth-order valence-electron chi connectivity index (χ4n) is 2.89. The smallest absolute Gasteiger partial charge is 0.0627 e. The molecule has 2 unspecified atom stereocenters. The molecular formula is C15H20Cl2. The van der Waals surface area contributed by atoms with Crippen LogP contribution < -0.4 is 0 Å². The molecule has 2 atom stereocenters. The number of benzene rings is 1. The highest BCUT2D eigenvalue weighted by Gasteiger charge is 2.29. The molecule has 1 aliphatic rings. The van der Waals surface area contributed by atoms with Crippen molar-refractivity contribution in [1.29, 1.82) is 0 Å². The summed E-state index contributed by atoms with van der Waals surface area (Å²) < 4.78 is 0. The van der Waals surface area contributed by atoms with E-state index in [4.69, 9.17) is 23.2 Å². The van der Waals surface area contributed by atoms with Crippen molar-refractivity contribution in [3.05, 3.63) is 35.9 Å². The van der Waals surface area contributed by atoms with Gasteiger partial charge in [-0.2, -0.15) is 0 Å². The summed E-state index contributed by atoms with van der Waals surface area (Å²) in [5.41, 5.74) is 1.21. The fourth-order valence-corrected chi connectivity index (χ4v) is 3.85. The van der Waals surface area contributed by atoms with Gasteiger partial charge in [0, 0.05) is 5.88 Å². The van der Waals surface area contributed by atoms with Gasteiger partial charge in [0.15, 0.2) is 0 Å². The van der Waals surface area contributed by atoms with Crippen LogP contribution in [0.3, 0.4) is 0 Å². The zero-order valence-corrected chi connectivity index (χ0v) is 11.6. The van der Waals surface area contributed by atoms with E-state index in [0.29, 0.717) is 17.7 Å². The van der Waals surface area contributed by atoms with Gasteiger partial charge in [0.25, 0.3) is 0 Å². The van der Waals surface area contributed by atoms with Gasteiger partial charge < -0.3 is 0 Å². The third-order valence-corrected chi connectivity index (χ3v) is 4.86. The molecule has 94 valence electrons. The van der Waals surface area contributed by atoms with E-state index < -0.39 is 0 Å². The van der Waals surface area contributed by atoms with E-state index in [-0.39, 0.29) is 5.38 Å². The normalized spacial score (nSPS) is 21.1. The molecule has 2 rings (SSSR count). The number of hydrogen-bond donors (Lipinski definition) is 0. The van der Waals surface area contributed by atoms with Gasteiger partial charge in [-0.25, -0.2) is 0 Å². The molecule has 0 amide bonds. The van der Waals surface area contributed by atoms with Crippen molar-refractivity contribution >= 4 is 23.2 Å². The van der Waals surface area contributed by atoms with Crippen LogP contribution in [0.15, 0.2) is 30.3 Å². The minimum Gasteiger partial charge on any atom is -0.126 e. The van der Waals surface area contributed by atoms with Crippen LogP contribution in [0.4, 0.5) is 0 Å². The van der Waals surface area contributed by atoms with Gasteiger partial charge in [0.2, 0.25) is 0 Å². The topological polar surface area (TPSA) is 0 Å². The van der Waals surface area contributed by atoms with E-state index in [2.05, 4.69) is 24.3 Å². The predicted octanol–water partition coefficient (Wildman–Crippen LogP) is 5.40. The number of halogens is 2. The zero-order chi connectivity index (χ0) is 12.1. The molecule has 1 aliphatic carbocycles. The minimum absolute atomic E-state index is 0.0665. The monoisotopic (exact) mass is 270 g/mol. The molecule has 1 fully saturated rings. The molecule has 0 heterocycles. The molecule has 0 N–H and O–H groups in total. The summed E-state index contributed by atoms with van der Waals surface area (Å²) in [7, 11) is 0. The lowest BCUT2D eigenvalue weighted by Crippen LogP contribution is -2.23. The molecule has 0 spiro atoms. The summed E-state index contributed by atoms with van der Waals surface area (Å²) in [5.74, 6) is 1.80. The highest BCUT2D eigenvalue weighted by Crippen LogP contribution is 2.40. The summed E-state index contributed by atoms with van der Waals surface area (Å²) in [6, 6.07) is 10.4. The Morgan fingerprint density at radius 3 is 2.29 bits per heavy atom. The van der Waals surface area contributed by atoms with Crippen molar-refractivity contribution in [2.24, 2.45) is 11.8 Å². The van der Waals surface area contributed by atoms with Gasteiger partial charge >= 0.3 is 0 Å². The molecule has 0 radical (unpaired) electrons. The van der Waals surface area contributed by atoms with E-state index in [1.165, 1.54) is 37.7 Å². The third kappa shape index (κ3) is 3.39. The van der Waals surface area contributed by atoms with E-state index in [1.807, 2.05) is 6.07 Å². The van der Waals surface area contributed by atoms with E-state index in [1.54, 1.807) is 0 Å². The van der Waals surface area contributed by atoms with Gasteiger partial charge in [-0.05, 0) is 17.4 Å². The third-order valence-electron chi connectivity index (χ3n) is 3.93. The van der Waals surface area contributed by atoms with E-state index in [0.717, 1.165) is 0 Å². The van der Waals surface area contributed by atoms with Crippen molar-refractivity contribution in [3.63, 3.8) is 0 Å². The first-order valence-electron chi connectivity index (χ1n) is 6.58. The Kier molecular flexibility index (Phi) is 5.18. The summed E-state index contributed by atoms with van der Waals surface area (Å²) in [6.45, 7) is 0. The van der Waals surface area contributed by atoms with Crippen LogP contribution in [-0.4, -0.2) is 5.88 Å². The van der Waals surface area contributed by atoms with E-state index in [9.17, 15) is 0 Å². The second-order valence-corrected chi connectivity index (χ2v) is 5.81. The van der Waals surface area contributed by atoms with Crippen LogP contribution in [0.1, 0.15) is 43.0 Å². The van der Waals surface area contributed by atoms with Crippen molar-refractivity contribution in [2.75, 3.05) is 5.88 Å². The molecule has 0 nitrogen and oxygen atoms in total. The molecular weight excluding hydrogens is 251 g/mol. The summed E-state index contributed by atoms with van der Waals surface area (Å²) in [5, 5.41) is 0.0665. The first kappa shape index (κ1) is 13.2. The van der Waals surface area contributed by atoms with Crippen LogP contribution >= 0.6 is 23.2 Å². The lowest BCUT2D eigenvalue weighted by molar-refractivity contribution is 0.260. The van der Waals surface area contributed by atoms with E-state index >= 15 is 0 Å². The lowest BCUT2D eigenvalue weighted by Gasteiger charge is -2.32. The van der Waals surface area contributed by atoms with Crippen molar-refractivity contribution in [2.45, 2.75) is 37.5 Å². The maximum absolute atomic E-state index is 6.62. The number of rotatable bonds is 4. The van der Waals surface area contributed by atoms with Gasteiger partial charge in [0.1, 0.15) is 0 Å². The Hall–Kier alpha value is -0.200. The van der Waals surface area contributed by atoms with Crippen LogP contribution in [0, 0.1) is 11.8 Å². The highest BCUT2D eigenvalue weighted by molar-refractivity contribution is 6.22. The molecule has 1 aromatic carbocycles. The number of alkyl halides is 2. The van der Waals surface area contributed by atoms with Crippen LogP contribution in [0.5, 0.6) is 0 Å². The van der Waals surface area contributed by atoms with Gasteiger partial charge in [-0.1, -0.05) is 62.4 Å². The van der Waals surface area contributed by atoms with Crippen LogP contribution in [0.25, 0.3) is 0 Å². The maximum Gasteiger partial charge on any atom is 0.0627 e. The highest BCUT2D eigenvalue weighted by atomic mass is 35.5. The standard InChI is InChI=1S/C15H20Cl2/c16-11-14(12-7-3-1-4-8-12)15(17)13-9-5-2-6-10-13/h2,5-6,9-10,12,14-15H,1,3-4,7-8,11H2. The molecule has 1 aromatic rings. The number of hydrogen-bond acceptors (Lipinski definition) is 0. The average Bonchev–Trinajstić information content (AvgIpc) is 2.42. The molecule has 2 heteroatoms. The Morgan fingerprint density at radius 2 is 1.71 bits per heavy atom. The van der Waals surface area contributed by atoms with Crippen LogP contribution in [-0.2, 0) is 0 Å². The quantitative estimate of drug-likeness (QED) is 0.643. The first-order valence-corrected chi connectivity index (χ1v) is 7.55. The lowest BCUT2D eigenvalue weighted by atomic mass is 9.78. The first-order chi connectivity index (χ1) is 8.33. The van der Waals surface area contributed by atoms with Gasteiger partial charge in [0.05, 0.1) is 5.38 Å². The average molecular weight is 271 g/mol. The summed E-state index contributed by atoms with van der Waals surface area (Å²) in [4.78, 5) is 0. The predicted molar refractivity (Wildman–Crippen MR) is 75.8 cm³/mol. The Balaban J connectivity index is 2.06. The maximum atomic E-state index is 6.62. The molecule has 0 aromatic heterocycles. The fraction of sp³-hybridized carbons (Fsp3) is 0.600. The van der Waals surface area contributed by atoms with Crippen molar-refractivity contribution < 1.29 is 0 Å². The van der Waals surface area contributed by atoms with Crippen molar-refractivity contribution in [3.8, 4) is 0 Å². The molecule has 17 heavy (non-hydrogen) atoms.